The van der Waals surface area contributed by atoms with Gasteiger partial charge >= 0.3 is 0 Å². The molecule has 0 aliphatic rings. The summed E-state index contributed by atoms with van der Waals surface area (Å²) >= 11 is 1.47. The van der Waals surface area contributed by atoms with Gasteiger partial charge in [-0.15, -0.1) is 0 Å². The molecular formula is C14H12N4S. The van der Waals surface area contributed by atoms with Crippen molar-refractivity contribution in [2.45, 2.75) is 17.0 Å². The number of nitrogen functional groups attached to an aromatic ring is 1. The third-order valence-corrected chi connectivity index (χ3v) is 3.75. The Morgan fingerprint density at radius 1 is 1.05 bits per heavy atom. The van der Waals surface area contributed by atoms with Crippen LogP contribution in [0.2, 0.25) is 0 Å². The van der Waals surface area contributed by atoms with Crippen LogP contribution in [0.15, 0.2) is 53.0 Å². The van der Waals surface area contributed by atoms with Gasteiger partial charge in [0.05, 0.1) is 5.69 Å². The smallest absolute Gasteiger partial charge is 0.192 e. The Bertz CT molecular complexity index is 725. The molecule has 0 fully saturated rings. The molecular weight excluding hydrogens is 256 g/mol. The number of nitrogens with two attached hydrogens (primary N) is 1. The normalized spacial score (nSPS) is 10.8. The summed E-state index contributed by atoms with van der Waals surface area (Å²) in [6.45, 7) is 1.96. The molecule has 2 N–H and O–H groups in total. The lowest BCUT2D eigenvalue weighted by Crippen LogP contribution is -1.93. The van der Waals surface area contributed by atoms with Crippen LogP contribution < -0.4 is 5.73 Å². The van der Waals surface area contributed by atoms with Gasteiger partial charge in [0.25, 0.3) is 0 Å². The number of pyridine rings is 1. The summed E-state index contributed by atoms with van der Waals surface area (Å²) in [7, 11) is 0. The fourth-order valence-electron chi connectivity index (χ4n) is 1.79. The predicted octanol–water partition coefficient (Wildman–Crippen LogP) is 3.07. The lowest BCUT2D eigenvalue weighted by atomic mass is 10.1. The Morgan fingerprint density at radius 3 is 2.63 bits per heavy atom. The van der Waals surface area contributed by atoms with E-state index in [1.165, 1.54) is 11.8 Å². The number of hydrogen-bond acceptors (Lipinski definition) is 5. The Hall–Kier alpha value is -2.14. The number of nitrogens with zero attached hydrogens (tertiary/aromatic N) is 3. The van der Waals surface area contributed by atoms with Crippen LogP contribution in [0.25, 0.3) is 10.8 Å². The summed E-state index contributed by atoms with van der Waals surface area (Å²) in [5, 5.41) is 2.74. The minimum atomic E-state index is 0.700. The maximum atomic E-state index is 6.19. The Kier molecular flexibility index (Phi) is 3.05. The van der Waals surface area contributed by atoms with E-state index in [4.69, 9.17) is 5.73 Å². The molecule has 0 unspecified atom stereocenters. The fourth-order valence-corrected chi connectivity index (χ4v) is 2.56. The first kappa shape index (κ1) is 11.9. The fraction of sp³-hybridized carbons (Fsp3) is 0.0714. The maximum absolute atomic E-state index is 6.19. The zero-order chi connectivity index (χ0) is 13.2. The minimum Gasteiger partial charge on any atom is -0.397 e. The molecule has 0 saturated heterocycles. The van der Waals surface area contributed by atoms with E-state index in [0.29, 0.717) is 5.16 Å². The van der Waals surface area contributed by atoms with E-state index in [1.807, 2.05) is 31.3 Å². The molecule has 19 heavy (non-hydrogen) atoms. The van der Waals surface area contributed by atoms with Crippen molar-refractivity contribution >= 4 is 28.2 Å². The van der Waals surface area contributed by atoms with Gasteiger partial charge in [-0.1, -0.05) is 6.07 Å². The van der Waals surface area contributed by atoms with Gasteiger partial charge < -0.3 is 5.73 Å². The van der Waals surface area contributed by atoms with E-state index in [9.17, 15) is 0 Å². The first-order valence-corrected chi connectivity index (χ1v) is 6.64. The van der Waals surface area contributed by atoms with Crippen molar-refractivity contribution in [2.75, 3.05) is 5.73 Å². The molecule has 3 aromatic rings. The van der Waals surface area contributed by atoms with Crippen molar-refractivity contribution in [1.82, 2.24) is 15.0 Å². The summed E-state index contributed by atoms with van der Waals surface area (Å²) < 4.78 is 0. The summed E-state index contributed by atoms with van der Waals surface area (Å²) in [5.41, 5.74) is 7.98. The van der Waals surface area contributed by atoms with Crippen molar-refractivity contribution in [3.63, 3.8) is 0 Å². The monoisotopic (exact) mass is 268 g/mol. The molecule has 94 valence electrons. The predicted molar refractivity (Wildman–Crippen MR) is 77.0 cm³/mol. The number of hydrogen-bond donors (Lipinski definition) is 1. The Morgan fingerprint density at radius 2 is 1.84 bits per heavy atom. The zero-order valence-corrected chi connectivity index (χ0v) is 11.2. The number of fused-ring (bicyclic) bond motifs is 1. The van der Waals surface area contributed by atoms with E-state index in [0.717, 1.165) is 26.9 Å². The molecule has 0 aliphatic heterocycles. The summed E-state index contributed by atoms with van der Waals surface area (Å²) in [5.74, 6) is 0. The SMILES string of the molecule is Cc1cnc(Sc2ccc3cnccc3c2N)nc1. The highest BCUT2D eigenvalue weighted by Gasteiger charge is 2.07. The van der Waals surface area contributed by atoms with E-state index >= 15 is 0 Å². The highest BCUT2D eigenvalue weighted by molar-refractivity contribution is 7.99. The largest absolute Gasteiger partial charge is 0.397 e. The second kappa shape index (κ2) is 4.85. The van der Waals surface area contributed by atoms with Crippen LogP contribution in [0.3, 0.4) is 0 Å². The minimum absolute atomic E-state index is 0.700. The molecule has 0 bridgehead atoms. The lowest BCUT2D eigenvalue weighted by Gasteiger charge is -2.07. The summed E-state index contributed by atoms with van der Waals surface area (Å²) in [4.78, 5) is 13.6. The van der Waals surface area contributed by atoms with Crippen LogP contribution in [0.5, 0.6) is 0 Å². The van der Waals surface area contributed by atoms with Crippen LogP contribution in [-0.4, -0.2) is 15.0 Å². The van der Waals surface area contributed by atoms with E-state index in [2.05, 4.69) is 15.0 Å². The zero-order valence-electron chi connectivity index (χ0n) is 10.4. The molecule has 0 radical (unpaired) electrons. The molecule has 0 atom stereocenters. The summed E-state index contributed by atoms with van der Waals surface area (Å²) in [6, 6.07) is 5.91. The molecule has 5 heteroatoms. The average molecular weight is 268 g/mol. The van der Waals surface area contributed by atoms with Gasteiger partial charge in [0.15, 0.2) is 5.16 Å². The maximum Gasteiger partial charge on any atom is 0.192 e. The molecule has 1 aromatic carbocycles. The van der Waals surface area contributed by atoms with E-state index in [-0.39, 0.29) is 0 Å². The van der Waals surface area contributed by atoms with Crippen LogP contribution in [0, 0.1) is 6.92 Å². The second-order valence-electron chi connectivity index (χ2n) is 4.22. The number of benzene rings is 1. The van der Waals surface area contributed by atoms with Crippen LogP contribution in [0.4, 0.5) is 5.69 Å². The molecule has 4 nitrogen and oxygen atoms in total. The second-order valence-corrected chi connectivity index (χ2v) is 5.23. The van der Waals surface area contributed by atoms with Gasteiger partial charge in [-0.05, 0) is 36.4 Å². The van der Waals surface area contributed by atoms with Crippen molar-refractivity contribution in [3.8, 4) is 0 Å². The molecule has 0 amide bonds. The molecule has 2 heterocycles. The van der Waals surface area contributed by atoms with Crippen molar-refractivity contribution in [2.24, 2.45) is 0 Å². The van der Waals surface area contributed by atoms with Crippen molar-refractivity contribution < 1.29 is 0 Å². The number of rotatable bonds is 2. The first-order valence-electron chi connectivity index (χ1n) is 5.83. The molecule has 0 spiro atoms. The third kappa shape index (κ3) is 2.37. The lowest BCUT2D eigenvalue weighted by molar-refractivity contribution is 0.950. The topological polar surface area (TPSA) is 64.7 Å². The van der Waals surface area contributed by atoms with Gasteiger partial charge in [0.1, 0.15) is 0 Å². The van der Waals surface area contributed by atoms with Gasteiger partial charge in [-0.3, -0.25) is 4.98 Å². The van der Waals surface area contributed by atoms with Gasteiger partial charge in [0.2, 0.25) is 0 Å². The Labute approximate surface area is 115 Å². The van der Waals surface area contributed by atoms with Crippen molar-refractivity contribution in [1.29, 1.82) is 0 Å². The first-order chi connectivity index (χ1) is 9.24. The van der Waals surface area contributed by atoms with E-state index in [1.54, 1.807) is 18.6 Å². The Balaban J connectivity index is 2.01. The number of anilines is 1. The molecule has 0 aliphatic carbocycles. The van der Waals surface area contributed by atoms with Gasteiger partial charge in [-0.2, -0.15) is 0 Å². The molecule has 3 rings (SSSR count). The highest BCUT2D eigenvalue weighted by Crippen LogP contribution is 2.34. The van der Waals surface area contributed by atoms with Crippen molar-refractivity contribution in [3.05, 3.63) is 48.5 Å². The highest BCUT2D eigenvalue weighted by atomic mass is 32.2. The standard InChI is InChI=1S/C14H12N4S/c1-9-6-17-14(18-7-9)19-12-3-2-10-8-16-5-4-11(10)13(12)15/h2-8H,15H2,1H3. The quantitative estimate of drug-likeness (QED) is 0.571. The van der Waals surface area contributed by atoms with Crippen LogP contribution in [-0.2, 0) is 0 Å². The average Bonchev–Trinajstić information content (AvgIpc) is 2.45. The molecule has 2 aromatic heterocycles. The van der Waals surface area contributed by atoms with Crippen LogP contribution >= 0.6 is 11.8 Å². The number of aromatic nitrogens is 3. The van der Waals surface area contributed by atoms with Gasteiger partial charge in [0, 0.05) is 40.5 Å². The molecule has 0 saturated carbocycles. The summed E-state index contributed by atoms with van der Waals surface area (Å²) in [6.07, 6.45) is 7.16. The number of aryl methyl sites for hydroxylation is 1. The van der Waals surface area contributed by atoms with Crippen LogP contribution in [0.1, 0.15) is 5.56 Å². The van der Waals surface area contributed by atoms with Gasteiger partial charge in [-0.25, -0.2) is 9.97 Å². The third-order valence-electron chi connectivity index (χ3n) is 2.78. The van der Waals surface area contributed by atoms with E-state index < -0.39 is 0 Å².